The Morgan fingerprint density at radius 3 is 2.50 bits per heavy atom. The number of amides is 1. The number of fused-ring (bicyclic) bond motifs is 1. The monoisotopic (exact) mass is 520 g/mol. The van der Waals surface area contributed by atoms with Crippen molar-refractivity contribution in [2.45, 2.75) is 26.3 Å². The molecule has 1 spiro atoms. The number of nitrogens with zero attached hydrogens (tertiary/aromatic N) is 5. The summed E-state index contributed by atoms with van der Waals surface area (Å²) < 4.78 is 36.7. The first-order valence-electron chi connectivity index (χ1n) is 12.5. The summed E-state index contributed by atoms with van der Waals surface area (Å²) in [6.07, 6.45) is 2.79. The van der Waals surface area contributed by atoms with Gasteiger partial charge in [-0.3, -0.25) is 14.3 Å². The average Bonchev–Trinajstić information content (AvgIpc) is 3.50. The van der Waals surface area contributed by atoms with Gasteiger partial charge < -0.3 is 15.0 Å². The summed E-state index contributed by atoms with van der Waals surface area (Å²) in [5, 5.41) is 12.4. The molecule has 0 unspecified atom stereocenters. The zero-order valence-electron chi connectivity index (χ0n) is 20.9. The Labute approximate surface area is 216 Å². The van der Waals surface area contributed by atoms with Crippen LogP contribution in [0.5, 0.6) is 0 Å². The molecule has 2 aliphatic rings. The van der Waals surface area contributed by atoms with Crippen molar-refractivity contribution in [2.75, 3.05) is 36.5 Å². The lowest BCUT2D eigenvalue weighted by molar-refractivity contribution is -0.0985. The van der Waals surface area contributed by atoms with Gasteiger partial charge >= 0.3 is 0 Å². The second-order valence-electron chi connectivity index (χ2n) is 10.2. The van der Waals surface area contributed by atoms with Gasteiger partial charge in [-0.2, -0.15) is 14.9 Å². The molecule has 0 bridgehead atoms. The van der Waals surface area contributed by atoms with Gasteiger partial charge in [-0.05, 0) is 50.6 Å². The average molecular weight is 521 g/mol. The maximum atomic E-state index is 14.4. The van der Waals surface area contributed by atoms with E-state index in [1.54, 1.807) is 0 Å². The van der Waals surface area contributed by atoms with Crippen LogP contribution < -0.4 is 15.8 Å². The van der Waals surface area contributed by atoms with Crippen molar-refractivity contribution in [3.63, 3.8) is 0 Å². The number of carbonyl (C=O) groups excluding carboxylic acids is 1. The van der Waals surface area contributed by atoms with Crippen molar-refractivity contribution in [3.8, 4) is 5.69 Å². The number of para-hydroxylation sites is 1. The van der Waals surface area contributed by atoms with Crippen molar-refractivity contribution in [1.29, 1.82) is 0 Å². The van der Waals surface area contributed by atoms with E-state index in [1.165, 1.54) is 12.1 Å². The third-order valence-corrected chi connectivity index (χ3v) is 7.24. The highest BCUT2D eigenvalue weighted by atomic mass is 19.1. The summed E-state index contributed by atoms with van der Waals surface area (Å²) >= 11 is 0. The Bertz CT molecular complexity index is 1600. The molecule has 1 N–H and O–H groups in total. The van der Waals surface area contributed by atoms with Crippen LogP contribution in [0.2, 0.25) is 0 Å². The fourth-order valence-electron chi connectivity index (χ4n) is 5.28. The van der Waals surface area contributed by atoms with Crippen molar-refractivity contribution >= 4 is 28.2 Å². The molecule has 0 atom stereocenters. The maximum Gasteiger partial charge on any atom is 0.276 e. The number of hydrogen-bond donors (Lipinski definition) is 1. The van der Waals surface area contributed by atoms with Crippen LogP contribution in [0.1, 0.15) is 36.8 Å². The third kappa shape index (κ3) is 3.94. The second-order valence-corrected chi connectivity index (χ2v) is 10.2. The van der Waals surface area contributed by atoms with Crippen LogP contribution in [0.25, 0.3) is 16.6 Å². The summed E-state index contributed by atoms with van der Waals surface area (Å²) in [5.41, 5.74) is 0.888. The molecule has 0 aliphatic carbocycles. The highest BCUT2D eigenvalue weighted by molar-refractivity contribution is 6.09. The van der Waals surface area contributed by atoms with Crippen LogP contribution in [0.15, 0.2) is 53.5 Å². The number of rotatable bonds is 5. The lowest BCUT2D eigenvalue weighted by Crippen LogP contribution is -2.44. The minimum Gasteiger partial charge on any atom is -0.380 e. The molecule has 2 fully saturated rings. The second kappa shape index (κ2) is 9.02. The van der Waals surface area contributed by atoms with Gasteiger partial charge in [0.15, 0.2) is 11.6 Å². The number of nitrogens with one attached hydrogen (secondary N) is 1. The van der Waals surface area contributed by atoms with Crippen LogP contribution in [-0.2, 0) is 4.74 Å². The number of benzene rings is 2. The molecule has 2 saturated heterocycles. The van der Waals surface area contributed by atoms with Crippen LogP contribution in [0.4, 0.5) is 20.2 Å². The van der Waals surface area contributed by atoms with Crippen LogP contribution in [0.3, 0.4) is 0 Å². The van der Waals surface area contributed by atoms with Crippen LogP contribution >= 0.6 is 0 Å². The fraction of sp³-hybridized carbons (Fsp3) is 0.333. The Balaban J connectivity index is 1.39. The number of hydrogen-bond acceptors (Lipinski definition) is 6. The van der Waals surface area contributed by atoms with E-state index in [-0.39, 0.29) is 17.2 Å². The molecular formula is C27H26F2N6O3. The molecule has 0 saturated carbocycles. The summed E-state index contributed by atoms with van der Waals surface area (Å²) in [7, 11) is 0. The molecule has 2 aromatic carbocycles. The summed E-state index contributed by atoms with van der Waals surface area (Å²) in [6.45, 7) is 7.12. The Morgan fingerprint density at radius 2 is 1.84 bits per heavy atom. The predicted octanol–water partition coefficient (Wildman–Crippen LogP) is 3.92. The molecule has 4 heterocycles. The van der Waals surface area contributed by atoms with Gasteiger partial charge in [0.1, 0.15) is 11.4 Å². The number of aromatic nitrogens is 4. The van der Waals surface area contributed by atoms with Gasteiger partial charge in [0.05, 0.1) is 36.3 Å². The number of halogens is 2. The minimum atomic E-state index is -0.963. The molecule has 2 aliphatic heterocycles. The maximum absolute atomic E-state index is 14.4. The molecular weight excluding hydrogens is 494 g/mol. The standard InChI is InChI=1S/C27H26F2N6O3/c1-16(2)34-22-8-6-20(24(17(22)12-30-34)33-11-10-27(13-33)14-38-15-27)31-26(37)21-7-9-23(36)35(32-21)25-18(28)4-3-5-19(25)29/h3-9,12,16H,10-11,13-15H2,1-2H3,(H,31,37). The molecule has 38 heavy (non-hydrogen) atoms. The molecule has 0 radical (unpaired) electrons. The van der Waals surface area contributed by atoms with E-state index in [0.29, 0.717) is 23.6 Å². The van der Waals surface area contributed by atoms with E-state index >= 15 is 0 Å². The molecule has 11 heteroatoms. The van der Waals surface area contributed by atoms with E-state index in [1.807, 2.05) is 23.0 Å². The fourth-order valence-corrected chi connectivity index (χ4v) is 5.28. The van der Waals surface area contributed by atoms with Crippen molar-refractivity contribution in [3.05, 3.63) is 76.3 Å². The predicted molar refractivity (Wildman–Crippen MR) is 138 cm³/mol. The Kier molecular flexibility index (Phi) is 5.75. The number of ether oxygens (including phenoxy) is 1. The van der Waals surface area contributed by atoms with Crippen molar-refractivity contribution in [1.82, 2.24) is 19.6 Å². The molecule has 196 valence electrons. The quantitative estimate of drug-likeness (QED) is 0.429. The highest BCUT2D eigenvalue weighted by Crippen LogP contribution is 2.44. The smallest absolute Gasteiger partial charge is 0.276 e. The molecule has 9 nitrogen and oxygen atoms in total. The van der Waals surface area contributed by atoms with Gasteiger partial charge in [-0.15, -0.1) is 0 Å². The minimum absolute atomic E-state index is 0.109. The Morgan fingerprint density at radius 1 is 1.08 bits per heavy atom. The molecule has 2 aromatic heterocycles. The van der Waals surface area contributed by atoms with Gasteiger partial charge in [0, 0.05) is 36.0 Å². The molecule has 1 amide bonds. The first-order valence-corrected chi connectivity index (χ1v) is 12.5. The molecule has 6 rings (SSSR count). The van der Waals surface area contributed by atoms with E-state index in [4.69, 9.17) is 4.74 Å². The van der Waals surface area contributed by atoms with E-state index in [0.717, 1.165) is 54.3 Å². The number of anilines is 2. The SMILES string of the molecule is CC(C)n1ncc2c(N3CCC4(COC4)C3)c(NC(=O)c3ccc(=O)n(-c4c(F)cccc4F)n3)ccc21. The van der Waals surface area contributed by atoms with Gasteiger partial charge in [-0.1, -0.05) is 6.07 Å². The Hall–Kier alpha value is -4.12. The highest BCUT2D eigenvalue weighted by Gasteiger charge is 2.45. The van der Waals surface area contributed by atoms with Gasteiger partial charge in [0.25, 0.3) is 11.5 Å². The largest absolute Gasteiger partial charge is 0.380 e. The van der Waals surface area contributed by atoms with Crippen molar-refractivity contribution in [2.24, 2.45) is 5.41 Å². The first kappa shape index (κ1) is 24.2. The first-order chi connectivity index (χ1) is 18.3. The zero-order chi connectivity index (χ0) is 26.6. The van der Waals surface area contributed by atoms with Gasteiger partial charge in [0.2, 0.25) is 0 Å². The topological polar surface area (TPSA) is 94.3 Å². The molecule has 4 aromatic rings. The third-order valence-electron chi connectivity index (χ3n) is 7.24. The van der Waals surface area contributed by atoms with E-state index < -0.39 is 28.8 Å². The van der Waals surface area contributed by atoms with Gasteiger partial charge in [-0.25, -0.2) is 8.78 Å². The zero-order valence-corrected chi connectivity index (χ0v) is 20.9. The van der Waals surface area contributed by atoms with E-state index in [2.05, 4.69) is 34.3 Å². The van der Waals surface area contributed by atoms with E-state index in [9.17, 15) is 18.4 Å². The van der Waals surface area contributed by atoms with Crippen LogP contribution in [-0.4, -0.2) is 51.8 Å². The lowest BCUT2D eigenvalue weighted by atomic mass is 9.85. The number of carbonyl (C=O) groups is 1. The van der Waals surface area contributed by atoms with Crippen LogP contribution in [0, 0.1) is 17.0 Å². The summed E-state index contributed by atoms with van der Waals surface area (Å²) in [5.74, 6) is -2.54. The van der Waals surface area contributed by atoms with Crippen molar-refractivity contribution < 1.29 is 18.3 Å². The summed E-state index contributed by atoms with van der Waals surface area (Å²) in [4.78, 5) is 28.0. The summed E-state index contributed by atoms with van der Waals surface area (Å²) in [6, 6.07) is 9.40. The normalized spacial score (nSPS) is 16.4. The lowest BCUT2D eigenvalue weighted by Gasteiger charge is -2.38.